The molecule has 0 unspecified atom stereocenters. The van der Waals surface area contributed by atoms with E-state index in [1.807, 2.05) is 42.1 Å². The van der Waals surface area contributed by atoms with E-state index in [4.69, 9.17) is 4.98 Å². The maximum Gasteiger partial charge on any atom is 0.253 e. The molecule has 0 N–H and O–H groups in total. The highest BCUT2D eigenvalue weighted by molar-refractivity contribution is 5.94. The third-order valence-corrected chi connectivity index (χ3v) is 5.67. The van der Waals surface area contributed by atoms with Crippen LogP contribution in [0, 0.1) is 12.7 Å². The lowest BCUT2D eigenvalue weighted by Crippen LogP contribution is -2.39. The number of likely N-dealkylation sites (tertiary alicyclic amines) is 1. The molecule has 1 aliphatic rings. The van der Waals surface area contributed by atoms with Crippen molar-refractivity contribution in [2.45, 2.75) is 25.7 Å². The first-order valence-electron chi connectivity index (χ1n) is 10.4. The SMILES string of the molecule is Cc1ccc(C(=O)N2CCC[C@H](c3cc(N(C)C)nc(-c4ccncc4)n3)C2)cc1F. The van der Waals surface area contributed by atoms with E-state index in [9.17, 15) is 9.18 Å². The molecule has 0 radical (unpaired) electrons. The number of aromatic nitrogens is 3. The van der Waals surface area contributed by atoms with E-state index in [-0.39, 0.29) is 17.6 Å². The van der Waals surface area contributed by atoms with Gasteiger partial charge in [-0.2, -0.15) is 0 Å². The summed E-state index contributed by atoms with van der Waals surface area (Å²) < 4.78 is 14.0. The molecule has 4 rings (SSSR count). The van der Waals surface area contributed by atoms with Crippen LogP contribution in [0.25, 0.3) is 11.4 Å². The van der Waals surface area contributed by atoms with E-state index in [0.717, 1.165) is 29.9 Å². The number of hydrogen-bond donors (Lipinski definition) is 0. The Bertz CT molecular complexity index is 1090. The molecule has 0 saturated carbocycles. The van der Waals surface area contributed by atoms with Crippen molar-refractivity contribution in [3.63, 3.8) is 0 Å². The second-order valence-electron chi connectivity index (χ2n) is 8.16. The number of benzene rings is 1. The molecule has 1 amide bonds. The van der Waals surface area contributed by atoms with Gasteiger partial charge in [0, 0.05) is 62.7 Å². The standard InChI is InChI=1S/C24H26FN5O/c1-16-6-7-18(13-20(16)25)24(31)30-12-4-5-19(15-30)21-14-22(29(2)3)28-23(27-21)17-8-10-26-11-9-17/h6-11,13-14,19H,4-5,12,15H2,1-3H3/t19-/m0/s1. The number of nitrogens with zero attached hydrogens (tertiary/aromatic N) is 5. The van der Waals surface area contributed by atoms with E-state index >= 15 is 0 Å². The van der Waals surface area contributed by atoms with Crippen molar-refractivity contribution >= 4 is 11.7 Å². The number of carbonyl (C=O) groups excluding carboxylic acids is 1. The first-order chi connectivity index (χ1) is 14.9. The van der Waals surface area contributed by atoms with Gasteiger partial charge in [-0.3, -0.25) is 9.78 Å². The first kappa shape index (κ1) is 20.9. The molecule has 2 aromatic heterocycles. The lowest BCUT2D eigenvalue weighted by molar-refractivity contribution is 0.0705. The van der Waals surface area contributed by atoms with E-state index < -0.39 is 0 Å². The minimum atomic E-state index is -0.354. The number of pyridine rings is 1. The van der Waals surface area contributed by atoms with Crippen molar-refractivity contribution in [2.24, 2.45) is 0 Å². The van der Waals surface area contributed by atoms with Crippen LogP contribution in [0.3, 0.4) is 0 Å². The monoisotopic (exact) mass is 419 g/mol. The Kier molecular flexibility index (Phi) is 5.93. The summed E-state index contributed by atoms with van der Waals surface area (Å²) in [6.45, 7) is 2.90. The third kappa shape index (κ3) is 4.55. The molecule has 7 heteroatoms. The molecule has 0 spiro atoms. The predicted octanol–water partition coefficient (Wildman–Crippen LogP) is 4.07. The summed E-state index contributed by atoms with van der Waals surface area (Å²) in [4.78, 5) is 30.4. The number of halogens is 1. The molecular weight excluding hydrogens is 393 g/mol. The highest BCUT2D eigenvalue weighted by atomic mass is 19.1. The van der Waals surface area contributed by atoms with Gasteiger partial charge in [-0.1, -0.05) is 6.07 Å². The second-order valence-corrected chi connectivity index (χ2v) is 8.16. The zero-order valence-corrected chi connectivity index (χ0v) is 18.0. The molecule has 1 atom stereocenters. The topological polar surface area (TPSA) is 62.2 Å². The van der Waals surface area contributed by atoms with Crippen LogP contribution in [0.2, 0.25) is 0 Å². The number of carbonyl (C=O) groups is 1. The van der Waals surface area contributed by atoms with Gasteiger partial charge in [-0.15, -0.1) is 0 Å². The van der Waals surface area contributed by atoms with Crippen LogP contribution in [0.4, 0.5) is 10.2 Å². The van der Waals surface area contributed by atoms with Crippen molar-refractivity contribution < 1.29 is 9.18 Å². The molecule has 6 nitrogen and oxygen atoms in total. The van der Waals surface area contributed by atoms with Crippen LogP contribution in [-0.2, 0) is 0 Å². The molecule has 0 bridgehead atoms. The highest BCUT2D eigenvalue weighted by Gasteiger charge is 2.27. The summed E-state index contributed by atoms with van der Waals surface area (Å²) in [6.07, 6.45) is 5.26. The summed E-state index contributed by atoms with van der Waals surface area (Å²) in [5, 5.41) is 0. The summed E-state index contributed by atoms with van der Waals surface area (Å²) in [5.74, 6) is 1.07. The van der Waals surface area contributed by atoms with Gasteiger partial charge in [-0.25, -0.2) is 14.4 Å². The molecule has 3 aromatic rings. The molecule has 1 aromatic carbocycles. The molecule has 1 aliphatic heterocycles. The minimum Gasteiger partial charge on any atom is -0.363 e. The molecule has 1 saturated heterocycles. The number of aryl methyl sites for hydroxylation is 1. The van der Waals surface area contributed by atoms with Crippen LogP contribution in [0.5, 0.6) is 0 Å². The summed E-state index contributed by atoms with van der Waals surface area (Å²) >= 11 is 0. The molecule has 160 valence electrons. The molecule has 31 heavy (non-hydrogen) atoms. The van der Waals surface area contributed by atoms with Crippen LogP contribution < -0.4 is 4.90 Å². The summed E-state index contributed by atoms with van der Waals surface area (Å²) in [6, 6.07) is 10.5. The molecule has 1 fully saturated rings. The van der Waals surface area contributed by atoms with Gasteiger partial charge in [0.25, 0.3) is 5.91 Å². The van der Waals surface area contributed by atoms with Gasteiger partial charge < -0.3 is 9.80 Å². The number of hydrogen-bond acceptors (Lipinski definition) is 5. The zero-order valence-electron chi connectivity index (χ0n) is 18.0. The summed E-state index contributed by atoms with van der Waals surface area (Å²) in [7, 11) is 3.90. The quantitative estimate of drug-likeness (QED) is 0.638. The van der Waals surface area contributed by atoms with Crippen molar-refractivity contribution in [1.29, 1.82) is 0 Å². The van der Waals surface area contributed by atoms with Gasteiger partial charge in [0.05, 0.1) is 5.69 Å². The smallest absolute Gasteiger partial charge is 0.253 e. The molecular formula is C24H26FN5O. The highest BCUT2D eigenvalue weighted by Crippen LogP contribution is 2.30. The van der Waals surface area contributed by atoms with E-state index in [1.165, 1.54) is 6.07 Å². The summed E-state index contributed by atoms with van der Waals surface area (Å²) in [5.41, 5.74) is 2.74. The fourth-order valence-corrected chi connectivity index (χ4v) is 3.83. The van der Waals surface area contributed by atoms with E-state index in [1.54, 1.807) is 31.5 Å². The van der Waals surface area contributed by atoms with Crippen molar-refractivity contribution in [1.82, 2.24) is 19.9 Å². The second kappa shape index (κ2) is 8.79. The van der Waals surface area contributed by atoms with Crippen molar-refractivity contribution in [3.8, 4) is 11.4 Å². The van der Waals surface area contributed by atoms with Crippen molar-refractivity contribution in [2.75, 3.05) is 32.1 Å². The predicted molar refractivity (Wildman–Crippen MR) is 119 cm³/mol. The fourth-order valence-electron chi connectivity index (χ4n) is 3.83. The largest absolute Gasteiger partial charge is 0.363 e. The maximum atomic E-state index is 14.0. The lowest BCUT2D eigenvalue weighted by atomic mass is 9.93. The van der Waals surface area contributed by atoms with Gasteiger partial charge in [0.15, 0.2) is 5.82 Å². The average molecular weight is 420 g/mol. The first-order valence-corrected chi connectivity index (χ1v) is 10.4. The maximum absolute atomic E-state index is 14.0. The van der Waals surface area contributed by atoms with Gasteiger partial charge in [-0.05, 0) is 49.6 Å². The normalized spacial score (nSPS) is 16.3. The van der Waals surface area contributed by atoms with Gasteiger partial charge >= 0.3 is 0 Å². The average Bonchev–Trinajstić information content (AvgIpc) is 2.80. The number of rotatable bonds is 4. The van der Waals surface area contributed by atoms with Gasteiger partial charge in [0.2, 0.25) is 0 Å². The molecule has 3 heterocycles. The molecule has 0 aliphatic carbocycles. The lowest BCUT2D eigenvalue weighted by Gasteiger charge is -2.33. The Morgan fingerprint density at radius 3 is 2.61 bits per heavy atom. The zero-order chi connectivity index (χ0) is 22.0. The third-order valence-electron chi connectivity index (χ3n) is 5.67. The number of amides is 1. The Morgan fingerprint density at radius 1 is 1.13 bits per heavy atom. The minimum absolute atomic E-state index is 0.0929. The van der Waals surface area contributed by atoms with Crippen LogP contribution >= 0.6 is 0 Å². The van der Waals surface area contributed by atoms with Crippen molar-refractivity contribution in [3.05, 3.63) is 71.4 Å². The Hall–Kier alpha value is -3.35. The Balaban J connectivity index is 1.62. The fraction of sp³-hybridized carbons (Fsp3) is 0.333. The van der Waals surface area contributed by atoms with Gasteiger partial charge in [0.1, 0.15) is 11.6 Å². The van der Waals surface area contributed by atoms with E-state index in [2.05, 4.69) is 9.97 Å². The number of piperidine rings is 1. The van der Waals surface area contributed by atoms with Crippen LogP contribution in [-0.4, -0.2) is 52.9 Å². The van der Waals surface area contributed by atoms with Crippen LogP contribution in [0.15, 0.2) is 48.8 Å². The van der Waals surface area contributed by atoms with Crippen LogP contribution in [0.1, 0.15) is 40.4 Å². The number of anilines is 1. The Labute approximate surface area is 181 Å². The Morgan fingerprint density at radius 2 is 1.90 bits per heavy atom. The van der Waals surface area contributed by atoms with E-state index in [0.29, 0.717) is 30.0 Å².